The molecule has 0 unspecified atom stereocenters. The summed E-state index contributed by atoms with van der Waals surface area (Å²) in [6.45, 7) is 0. The van der Waals surface area contributed by atoms with Gasteiger partial charge in [-0.15, -0.1) is 0 Å². The zero-order valence-corrected chi connectivity index (χ0v) is 8.47. The number of rotatable bonds is 2. The Labute approximate surface area is 84.2 Å². The largest absolute Gasteiger partial charge is 0.276 e. The molecule has 0 aliphatic rings. The fourth-order valence-corrected chi connectivity index (χ4v) is 1.25. The van der Waals surface area contributed by atoms with Gasteiger partial charge in [0.1, 0.15) is 0 Å². The average Bonchev–Trinajstić information content (AvgIpc) is 2.01. The molecule has 12 heavy (non-hydrogen) atoms. The summed E-state index contributed by atoms with van der Waals surface area (Å²) in [5.41, 5.74) is 0.943. The standard InChI is InChI=1S/C9H6BrClO/c10-8-3-1-2-7(6-8)4-5-9(11)12/h1-6H. The molecule has 0 spiro atoms. The van der Waals surface area contributed by atoms with Crippen molar-refractivity contribution < 1.29 is 4.79 Å². The lowest BCUT2D eigenvalue weighted by Crippen LogP contribution is -1.76. The molecule has 1 aromatic carbocycles. The maximum atomic E-state index is 10.4. The first kappa shape index (κ1) is 9.49. The molecule has 0 bridgehead atoms. The van der Waals surface area contributed by atoms with E-state index in [1.165, 1.54) is 6.08 Å². The summed E-state index contributed by atoms with van der Waals surface area (Å²) in [6.07, 6.45) is 2.99. The van der Waals surface area contributed by atoms with Gasteiger partial charge in [-0.1, -0.05) is 34.1 Å². The molecule has 0 aromatic heterocycles. The number of halogens is 2. The smallest absolute Gasteiger partial charge is 0.245 e. The highest BCUT2D eigenvalue weighted by Gasteiger charge is 1.89. The Morgan fingerprint density at radius 1 is 1.50 bits per heavy atom. The number of allylic oxidation sites excluding steroid dienone is 1. The summed E-state index contributed by atoms with van der Waals surface area (Å²) >= 11 is 8.45. The molecule has 0 amide bonds. The van der Waals surface area contributed by atoms with Crippen LogP contribution in [0.15, 0.2) is 34.8 Å². The van der Waals surface area contributed by atoms with Gasteiger partial charge in [0.2, 0.25) is 5.24 Å². The van der Waals surface area contributed by atoms with Crippen LogP contribution in [0.3, 0.4) is 0 Å². The van der Waals surface area contributed by atoms with Crippen LogP contribution in [0.1, 0.15) is 5.56 Å². The van der Waals surface area contributed by atoms with E-state index in [9.17, 15) is 4.79 Å². The number of carbonyl (C=O) groups is 1. The van der Waals surface area contributed by atoms with E-state index in [0.717, 1.165) is 10.0 Å². The van der Waals surface area contributed by atoms with Gasteiger partial charge in [0, 0.05) is 4.47 Å². The Hall–Kier alpha value is -0.600. The van der Waals surface area contributed by atoms with Gasteiger partial charge in [-0.05, 0) is 35.4 Å². The minimum absolute atomic E-state index is 0.463. The maximum Gasteiger partial charge on any atom is 0.245 e. The van der Waals surface area contributed by atoms with Crippen LogP contribution in [0, 0.1) is 0 Å². The zero-order valence-electron chi connectivity index (χ0n) is 6.13. The summed E-state index contributed by atoms with van der Waals surface area (Å²) in [4.78, 5) is 10.4. The minimum Gasteiger partial charge on any atom is -0.276 e. The first-order valence-corrected chi connectivity index (χ1v) is 4.49. The van der Waals surface area contributed by atoms with E-state index in [0.29, 0.717) is 0 Å². The van der Waals surface area contributed by atoms with Gasteiger partial charge in [-0.2, -0.15) is 0 Å². The van der Waals surface area contributed by atoms with Crippen LogP contribution < -0.4 is 0 Å². The number of hydrogen-bond donors (Lipinski definition) is 0. The second-order valence-corrected chi connectivity index (χ2v) is 3.48. The predicted octanol–water partition coefficient (Wildman–Crippen LogP) is 3.23. The third-order valence-corrected chi connectivity index (χ3v) is 1.87. The molecule has 1 nitrogen and oxygen atoms in total. The molecule has 0 heterocycles. The molecule has 0 saturated heterocycles. The normalized spacial score (nSPS) is 10.5. The predicted molar refractivity (Wildman–Crippen MR) is 54.0 cm³/mol. The average molecular weight is 246 g/mol. The van der Waals surface area contributed by atoms with Gasteiger partial charge in [-0.3, -0.25) is 4.79 Å². The number of hydrogen-bond acceptors (Lipinski definition) is 1. The fraction of sp³-hybridized carbons (Fsp3) is 0. The van der Waals surface area contributed by atoms with Crippen molar-refractivity contribution in [2.75, 3.05) is 0 Å². The van der Waals surface area contributed by atoms with Gasteiger partial charge in [0.25, 0.3) is 0 Å². The molecule has 0 saturated carbocycles. The Kier molecular flexibility index (Phi) is 3.50. The van der Waals surface area contributed by atoms with Crippen LogP contribution in [0.4, 0.5) is 0 Å². The second kappa shape index (κ2) is 4.43. The van der Waals surface area contributed by atoms with Gasteiger partial charge < -0.3 is 0 Å². The molecule has 0 aliphatic carbocycles. The Morgan fingerprint density at radius 2 is 2.25 bits per heavy atom. The van der Waals surface area contributed by atoms with Crippen LogP contribution in [0.5, 0.6) is 0 Å². The highest BCUT2D eigenvalue weighted by molar-refractivity contribution is 9.10. The first-order valence-electron chi connectivity index (χ1n) is 3.31. The Balaban J connectivity index is 2.83. The van der Waals surface area contributed by atoms with Crippen molar-refractivity contribution in [1.29, 1.82) is 0 Å². The van der Waals surface area contributed by atoms with E-state index >= 15 is 0 Å². The van der Waals surface area contributed by atoms with E-state index in [-0.39, 0.29) is 0 Å². The molecule has 0 aliphatic heterocycles. The summed E-state index contributed by atoms with van der Waals surface area (Å²) in [7, 11) is 0. The molecular weight excluding hydrogens is 239 g/mol. The number of benzene rings is 1. The maximum absolute atomic E-state index is 10.4. The van der Waals surface area contributed by atoms with Crippen molar-refractivity contribution >= 4 is 38.8 Å². The van der Waals surface area contributed by atoms with Crippen molar-refractivity contribution in [2.45, 2.75) is 0 Å². The minimum atomic E-state index is -0.463. The molecule has 1 aromatic rings. The van der Waals surface area contributed by atoms with Crippen LogP contribution in [0.25, 0.3) is 6.08 Å². The highest BCUT2D eigenvalue weighted by Crippen LogP contribution is 2.12. The lowest BCUT2D eigenvalue weighted by Gasteiger charge is -1.92. The van der Waals surface area contributed by atoms with E-state index in [1.807, 2.05) is 24.3 Å². The van der Waals surface area contributed by atoms with Crippen molar-refractivity contribution in [3.05, 3.63) is 40.4 Å². The van der Waals surface area contributed by atoms with Gasteiger partial charge in [0.15, 0.2) is 0 Å². The molecule has 3 heteroatoms. The topological polar surface area (TPSA) is 17.1 Å². The Morgan fingerprint density at radius 3 is 2.83 bits per heavy atom. The van der Waals surface area contributed by atoms with Crippen molar-refractivity contribution in [1.82, 2.24) is 0 Å². The van der Waals surface area contributed by atoms with Gasteiger partial charge >= 0.3 is 0 Å². The third kappa shape index (κ3) is 3.20. The van der Waals surface area contributed by atoms with E-state index in [4.69, 9.17) is 11.6 Å². The SMILES string of the molecule is O=C(Cl)C=Cc1cccc(Br)c1. The molecule has 0 atom stereocenters. The van der Waals surface area contributed by atoms with Gasteiger partial charge in [0.05, 0.1) is 0 Å². The molecule has 0 fully saturated rings. The lowest BCUT2D eigenvalue weighted by molar-refractivity contribution is -0.107. The molecular formula is C9H6BrClO. The van der Waals surface area contributed by atoms with Crippen LogP contribution in [-0.4, -0.2) is 5.24 Å². The van der Waals surface area contributed by atoms with Crippen LogP contribution in [-0.2, 0) is 4.79 Å². The van der Waals surface area contributed by atoms with E-state index in [2.05, 4.69) is 15.9 Å². The molecule has 0 N–H and O–H groups in total. The third-order valence-electron chi connectivity index (χ3n) is 1.26. The molecule has 62 valence electrons. The summed E-state index contributed by atoms with van der Waals surface area (Å²) in [5.74, 6) is 0. The summed E-state index contributed by atoms with van der Waals surface area (Å²) < 4.78 is 0.978. The quantitative estimate of drug-likeness (QED) is 0.577. The van der Waals surface area contributed by atoms with E-state index < -0.39 is 5.24 Å². The lowest BCUT2D eigenvalue weighted by atomic mass is 10.2. The summed E-state index contributed by atoms with van der Waals surface area (Å²) in [6, 6.07) is 7.60. The van der Waals surface area contributed by atoms with Crippen LogP contribution >= 0.6 is 27.5 Å². The van der Waals surface area contributed by atoms with E-state index in [1.54, 1.807) is 6.08 Å². The number of carbonyl (C=O) groups excluding carboxylic acids is 1. The Bertz CT molecular complexity index is 320. The second-order valence-electron chi connectivity index (χ2n) is 2.19. The molecule has 1 rings (SSSR count). The van der Waals surface area contributed by atoms with Crippen molar-refractivity contribution in [3.63, 3.8) is 0 Å². The van der Waals surface area contributed by atoms with Crippen molar-refractivity contribution in [3.8, 4) is 0 Å². The van der Waals surface area contributed by atoms with Crippen LogP contribution in [0.2, 0.25) is 0 Å². The molecule has 0 radical (unpaired) electrons. The summed E-state index contributed by atoms with van der Waals surface area (Å²) in [5, 5.41) is -0.463. The zero-order chi connectivity index (χ0) is 8.97. The van der Waals surface area contributed by atoms with Gasteiger partial charge in [-0.25, -0.2) is 0 Å². The monoisotopic (exact) mass is 244 g/mol. The fourth-order valence-electron chi connectivity index (χ4n) is 0.772. The first-order chi connectivity index (χ1) is 5.68. The van der Waals surface area contributed by atoms with Crippen molar-refractivity contribution in [2.24, 2.45) is 0 Å². The highest BCUT2D eigenvalue weighted by atomic mass is 79.9.